The number of nitrogens with two attached hydrogens (primary N) is 1. The fourth-order valence-electron chi connectivity index (χ4n) is 5.47. The van der Waals surface area contributed by atoms with Crippen LogP contribution in [0, 0.1) is 5.41 Å². The lowest BCUT2D eigenvalue weighted by molar-refractivity contribution is -0.347. The maximum atomic E-state index is 12.6. The van der Waals surface area contributed by atoms with E-state index in [-0.39, 0.29) is 41.6 Å². The monoisotopic (exact) mass is 929 g/mol. The van der Waals surface area contributed by atoms with Gasteiger partial charge < -0.3 is 69.0 Å². The lowest BCUT2D eigenvalue weighted by Crippen LogP contribution is -2.46. The number of aliphatic hydroxyl groups is 2. The van der Waals surface area contributed by atoms with Gasteiger partial charge in [-0.2, -0.15) is 0 Å². The number of hydrogen-bond donors (Lipinski definition) is 5. The Morgan fingerprint density at radius 3 is 2.42 bits per heavy atom. The van der Waals surface area contributed by atoms with Gasteiger partial charge in [0.2, 0.25) is 11.8 Å². The molecule has 7 atom stereocenters. The fraction of sp³-hybridized carbons (Fsp3) is 0.688. The largest absolute Gasteiger partial charge is 0.790 e. The molecular weight excluding hydrogens is 879 g/mol. The summed E-state index contributed by atoms with van der Waals surface area (Å²) in [6.45, 7) is 2.29. The number of phosphoric ester groups is 3. The Bertz CT molecular complexity index is 1920. The topological polar surface area (TPSA) is 375 Å². The number of anilines is 1. The van der Waals surface area contributed by atoms with Crippen LogP contribution in [0.1, 0.15) is 78.4 Å². The van der Waals surface area contributed by atoms with Gasteiger partial charge in [0, 0.05) is 37.1 Å². The Kier molecular flexibility index (Phi) is 20.4. The third-order valence-electron chi connectivity index (χ3n) is 8.65. The number of nitrogens with one attached hydrogen (secondary N) is 2. The number of fused-ring (bicyclic) bond motifs is 1. The summed E-state index contributed by atoms with van der Waals surface area (Å²) in [7, 11) is -17.6. The van der Waals surface area contributed by atoms with Crippen molar-refractivity contribution in [2.45, 2.75) is 103 Å². The van der Waals surface area contributed by atoms with Crippen molar-refractivity contribution in [3.63, 3.8) is 0 Å². The Hall–Kier alpha value is -2.70. The maximum absolute atomic E-state index is 12.6. The van der Waals surface area contributed by atoms with Gasteiger partial charge in [0.05, 0.1) is 27.4 Å². The minimum atomic E-state index is -5.91. The third kappa shape index (κ3) is 17.2. The smallest absolute Gasteiger partial charge is 0.274 e. The average molecular weight is 930 g/mol. The minimum absolute atomic E-state index is 0.000474. The molecule has 60 heavy (non-hydrogen) atoms. The number of thioether (sulfide) groups is 1. The number of unbranched alkanes of at least 4 members (excludes halogenated alkanes) is 4. The van der Waals surface area contributed by atoms with E-state index >= 15 is 0 Å². The number of aromatic nitrogens is 4. The van der Waals surface area contributed by atoms with E-state index < -0.39 is 84.6 Å². The molecule has 0 aromatic carbocycles. The van der Waals surface area contributed by atoms with Crippen LogP contribution in [0.15, 0.2) is 24.8 Å². The van der Waals surface area contributed by atoms with Gasteiger partial charge in [0.15, 0.2) is 22.8 Å². The molecule has 3 rings (SSSR count). The van der Waals surface area contributed by atoms with Crippen molar-refractivity contribution in [3.8, 4) is 0 Å². The zero-order valence-corrected chi connectivity index (χ0v) is 36.5. The second-order valence-electron chi connectivity index (χ2n) is 14.1. The third-order valence-corrected chi connectivity index (χ3v) is 12.6. The Balaban J connectivity index is 1.41. The first-order valence-corrected chi connectivity index (χ1v) is 24.0. The summed E-state index contributed by atoms with van der Waals surface area (Å²) >= 11 is 1.10. The molecule has 0 spiro atoms. The van der Waals surface area contributed by atoms with Crippen LogP contribution in [-0.4, -0.2) is 103 Å². The van der Waals surface area contributed by atoms with Crippen molar-refractivity contribution in [1.82, 2.24) is 30.2 Å². The summed E-state index contributed by atoms with van der Waals surface area (Å²) in [5.74, 6) is -1.18. The number of allylic oxidation sites excluding steroid dienone is 2. The zero-order valence-electron chi connectivity index (χ0n) is 33.0. The van der Waals surface area contributed by atoms with Crippen LogP contribution >= 0.6 is 35.2 Å². The van der Waals surface area contributed by atoms with Crippen molar-refractivity contribution >= 4 is 69.1 Å². The fourth-order valence-corrected chi connectivity index (χ4v) is 8.90. The summed E-state index contributed by atoms with van der Waals surface area (Å²) in [4.78, 5) is 96.3. The second-order valence-corrected chi connectivity index (χ2v) is 19.3. The number of nitrogen functional groups attached to an aromatic ring is 1. The van der Waals surface area contributed by atoms with Crippen LogP contribution in [0.2, 0.25) is 0 Å². The molecule has 28 heteroatoms. The predicted molar refractivity (Wildman–Crippen MR) is 205 cm³/mol. The number of carbonyl (C=O) groups is 3. The Morgan fingerprint density at radius 2 is 1.72 bits per heavy atom. The number of aliphatic hydroxyl groups excluding tert-OH is 2. The molecule has 1 fully saturated rings. The Labute approximate surface area is 349 Å². The lowest BCUT2D eigenvalue weighted by Gasteiger charge is -2.36. The number of hydrogen-bond acceptors (Lipinski definition) is 22. The zero-order chi connectivity index (χ0) is 44.7. The normalized spacial score (nSPS) is 21.1. The summed E-state index contributed by atoms with van der Waals surface area (Å²) < 4.78 is 60.6. The van der Waals surface area contributed by atoms with Gasteiger partial charge in [0.1, 0.15) is 36.3 Å². The molecule has 340 valence electrons. The summed E-state index contributed by atoms with van der Waals surface area (Å²) in [5, 5.41) is 26.3. The maximum Gasteiger partial charge on any atom is 0.274 e. The quantitative estimate of drug-likeness (QED) is 0.0426. The molecule has 2 amide bonds. The van der Waals surface area contributed by atoms with Gasteiger partial charge >= 0.3 is 0 Å². The SMILES string of the molecule is CCCCCC/C=C/CCC(=O)SCCNC(=O)CCNC(=O)[C@H](O)C(C)(C)COP(=O)([O-])OP(=O)([O-])OC[C@H]1O[C@@H](n2cnc3c(N)ncnc32)[C@H](O)[C@@H]1OP(=O)([O-])[O-]. The first kappa shape index (κ1) is 51.6. The standard InChI is InChI=1S/C32H54N7O17P3S/c1-4-5-6-7-8-9-10-11-12-23(41)60-16-15-34-22(40)13-14-35-30(44)27(43)32(2,3)18-53-59(50,51)56-58(48,49)52-17-21-26(55-57(45,46)47)25(42)31(54-21)39-20-38-24-28(33)36-19-37-29(24)39/h9-10,19-21,25-27,31,42-43H,4-8,11-18H2,1-3H3,(H,34,40)(H,35,44)(H,48,49)(H,50,51)(H2,33,36,37)(H2,45,46,47)/p-4/b10-9+/t21-,25-,26-,27+,31-/m1/s1. The molecule has 2 unspecified atom stereocenters. The second kappa shape index (κ2) is 23.7. The minimum Gasteiger partial charge on any atom is -0.790 e. The molecule has 0 bridgehead atoms. The highest BCUT2D eigenvalue weighted by Gasteiger charge is 2.47. The molecule has 24 nitrogen and oxygen atoms in total. The molecule has 1 aliphatic heterocycles. The van der Waals surface area contributed by atoms with Crippen LogP contribution in [-0.2, 0) is 50.7 Å². The van der Waals surface area contributed by atoms with E-state index in [0.29, 0.717) is 18.6 Å². The highest BCUT2D eigenvalue weighted by Crippen LogP contribution is 2.56. The molecule has 0 aliphatic carbocycles. The first-order valence-electron chi connectivity index (χ1n) is 18.7. The molecule has 0 radical (unpaired) electrons. The van der Waals surface area contributed by atoms with E-state index in [2.05, 4.69) is 56.5 Å². The highest BCUT2D eigenvalue weighted by atomic mass is 32.2. The first-order chi connectivity index (χ1) is 28.1. The van der Waals surface area contributed by atoms with E-state index in [4.69, 9.17) is 10.5 Å². The number of phosphoric acid groups is 3. The summed E-state index contributed by atoms with van der Waals surface area (Å²) in [5.41, 5.74) is 4.08. The van der Waals surface area contributed by atoms with Gasteiger partial charge in [-0.05, 0) is 19.3 Å². The molecule has 1 aliphatic rings. The number of imidazole rings is 1. The van der Waals surface area contributed by atoms with Crippen LogP contribution in [0.3, 0.4) is 0 Å². The van der Waals surface area contributed by atoms with Crippen LogP contribution in [0.25, 0.3) is 11.2 Å². The van der Waals surface area contributed by atoms with E-state index in [1.165, 1.54) is 33.1 Å². The molecule has 1 saturated heterocycles. The van der Waals surface area contributed by atoms with Gasteiger partial charge in [-0.1, -0.05) is 63.9 Å². The molecular formula is C32H50N7O17P3S-4. The summed E-state index contributed by atoms with van der Waals surface area (Å²) in [6, 6.07) is 0. The number of carbonyl (C=O) groups excluding carboxylic acids is 3. The van der Waals surface area contributed by atoms with Crippen LogP contribution in [0.4, 0.5) is 5.82 Å². The van der Waals surface area contributed by atoms with Crippen molar-refractivity contribution in [3.05, 3.63) is 24.8 Å². The van der Waals surface area contributed by atoms with Gasteiger partial charge in [-0.15, -0.1) is 0 Å². The van der Waals surface area contributed by atoms with Crippen molar-refractivity contribution in [1.29, 1.82) is 0 Å². The number of nitrogens with zero attached hydrogens (tertiary/aromatic N) is 4. The van der Waals surface area contributed by atoms with Gasteiger partial charge in [-0.25, -0.2) is 19.3 Å². The molecule has 2 aromatic heterocycles. The van der Waals surface area contributed by atoms with Crippen molar-refractivity contribution in [2.75, 3.05) is 37.8 Å². The number of rotatable bonds is 27. The number of amides is 2. The lowest BCUT2D eigenvalue weighted by atomic mass is 9.87. The Morgan fingerprint density at radius 1 is 1.02 bits per heavy atom. The number of ether oxygens (including phenoxy) is 1. The van der Waals surface area contributed by atoms with Crippen molar-refractivity contribution in [2.24, 2.45) is 5.41 Å². The van der Waals surface area contributed by atoms with Crippen LogP contribution < -0.4 is 35.9 Å². The summed E-state index contributed by atoms with van der Waals surface area (Å²) in [6.07, 6.45) is 3.24. The van der Waals surface area contributed by atoms with E-state index in [1.807, 2.05) is 6.08 Å². The van der Waals surface area contributed by atoms with Gasteiger partial charge in [-0.3, -0.25) is 28.1 Å². The molecule has 6 N–H and O–H groups in total. The molecule has 0 saturated carbocycles. The predicted octanol–water partition coefficient (Wildman–Crippen LogP) is -0.556. The van der Waals surface area contributed by atoms with Gasteiger partial charge in [0.25, 0.3) is 15.6 Å². The van der Waals surface area contributed by atoms with Crippen LogP contribution in [0.5, 0.6) is 0 Å². The van der Waals surface area contributed by atoms with E-state index in [1.54, 1.807) is 0 Å². The molecule has 2 aromatic rings. The average Bonchev–Trinajstić information content (AvgIpc) is 3.72. The molecule has 3 heterocycles. The van der Waals surface area contributed by atoms with E-state index in [0.717, 1.165) is 41.8 Å². The highest BCUT2D eigenvalue weighted by molar-refractivity contribution is 8.13. The van der Waals surface area contributed by atoms with E-state index in [9.17, 15) is 57.9 Å². The van der Waals surface area contributed by atoms with Crippen molar-refractivity contribution < 1.29 is 80.5 Å².